The topological polar surface area (TPSA) is 89.4 Å². The third-order valence-electron chi connectivity index (χ3n) is 4.43. The normalized spacial score (nSPS) is 10.5. The van der Waals surface area contributed by atoms with Crippen molar-refractivity contribution in [1.29, 1.82) is 0 Å². The monoisotopic (exact) mass is 427 g/mol. The number of likely N-dealkylation sites (N-methyl/N-ethyl adjacent to an activating group) is 1. The molecule has 0 bridgehead atoms. The summed E-state index contributed by atoms with van der Waals surface area (Å²) in [7, 11) is 1.52. The van der Waals surface area contributed by atoms with E-state index < -0.39 is 5.91 Å². The molecule has 0 fully saturated rings. The van der Waals surface area contributed by atoms with Gasteiger partial charge >= 0.3 is 0 Å². The van der Waals surface area contributed by atoms with Gasteiger partial charge in [-0.05, 0) is 38.1 Å². The Morgan fingerprint density at radius 2 is 1.87 bits per heavy atom. The minimum Gasteiger partial charge on any atom is -0.495 e. The van der Waals surface area contributed by atoms with Crippen LogP contribution in [0.5, 0.6) is 5.75 Å². The zero-order valence-electron chi connectivity index (χ0n) is 16.9. The second kappa shape index (κ2) is 9.41. The van der Waals surface area contributed by atoms with Crippen LogP contribution in [0.3, 0.4) is 0 Å². The number of hydrogen-bond acceptors (Lipinski definition) is 5. The van der Waals surface area contributed by atoms with E-state index in [1.165, 1.54) is 16.7 Å². The zero-order chi connectivity index (χ0) is 21.7. The molecule has 0 atom stereocenters. The number of carbonyl (C=O) groups is 2. The van der Waals surface area contributed by atoms with Gasteiger partial charge in [0.05, 0.1) is 23.5 Å². The van der Waals surface area contributed by atoms with Crippen LogP contribution >= 0.6 is 11.6 Å². The van der Waals surface area contributed by atoms with Gasteiger partial charge in [-0.3, -0.25) is 9.59 Å². The molecular weight excluding hydrogens is 406 g/mol. The van der Waals surface area contributed by atoms with Gasteiger partial charge in [0.2, 0.25) is 11.7 Å². The Morgan fingerprint density at radius 1 is 1.17 bits per heavy atom. The van der Waals surface area contributed by atoms with Crippen molar-refractivity contribution in [1.82, 2.24) is 19.7 Å². The molecule has 0 saturated heterocycles. The first-order valence-electron chi connectivity index (χ1n) is 9.35. The molecule has 0 radical (unpaired) electrons. The fourth-order valence-corrected chi connectivity index (χ4v) is 3.13. The molecule has 30 heavy (non-hydrogen) atoms. The molecule has 0 aliphatic rings. The average Bonchev–Trinajstić information content (AvgIpc) is 3.13. The number of aromatic nitrogens is 3. The molecule has 3 aromatic rings. The van der Waals surface area contributed by atoms with Crippen LogP contribution in [0, 0.1) is 6.92 Å². The fourth-order valence-electron chi connectivity index (χ4n) is 2.91. The summed E-state index contributed by atoms with van der Waals surface area (Å²) in [4.78, 5) is 31.1. The van der Waals surface area contributed by atoms with Crippen LogP contribution in [0.15, 0.2) is 48.5 Å². The molecule has 1 N–H and O–H groups in total. The maximum absolute atomic E-state index is 12.9. The lowest BCUT2D eigenvalue weighted by Gasteiger charge is -2.19. The highest BCUT2D eigenvalue weighted by Crippen LogP contribution is 2.23. The van der Waals surface area contributed by atoms with Crippen molar-refractivity contribution in [3.05, 3.63) is 65.2 Å². The average molecular weight is 428 g/mol. The summed E-state index contributed by atoms with van der Waals surface area (Å²) < 4.78 is 6.75. The summed E-state index contributed by atoms with van der Waals surface area (Å²) >= 11 is 6.23. The lowest BCUT2D eigenvalue weighted by Crippen LogP contribution is -2.38. The molecule has 156 valence electrons. The molecule has 0 saturated carbocycles. The summed E-state index contributed by atoms with van der Waals surface area (Å²) in [6, 6.07) is 14.2. The number of aryl methyl sites for hydroxylation is 1. The van der Waals surface area contributed by atoms with Crippen LogP contribution < -0.4 is 10.1 Å². The van der Waals surface area contributed by atoms with E-state index in [1.54, 1.807) is 50.2 Å². The molecule has 3 rings (SSSR count). The second-order valence-electron chi connectivity index (χ2n) is 6.41. The summed E-state index contributed by atoms with van der Waals surface area (Å²) in [6.07, 6.45) is 0. The number of para-hydroxylation sites is 3. The standard InChI is InChI=1S/C21H22ClN5O3/c1-4-26(13-19(28)24-16-10-6-8-12-18(16)30-3)21(29)20-23-14(2)27(25-20)17-11-7-5-9-15(17)22/h5-12H,4,13H2,1-3H3,(H,24,28). The number of nitrogens with zero attached hydrogens (tertiary/aromatic N) is 4. The highest BCUT2D eigenvalue weighted by molar-refractivity contribution is 6.32. The predicted molar refractivity (Wildman–Crippen MR) is 114 cm³/mol. The summed E-state index contributed by atoms with van der Waals surface area (Å²) in [5.74, 6) is 0.259. The van der Waals surface area contributed by atoms with Gasteiger partial charge in [-0.2, -0.15) is 0 Å². The first kappa shape index (κ1) is 21.3. The Hall–Kier alpha value is -3.39. The fraction of sp³-hybridized carbons (Fsp3) is 0.238. The largest absolute Gasteiger partial charge is 0.495 e. The second-order valence-corrected chi connectivity index (χ2v) is 6.82. The van der Waals surface area contributed by atoms with E-state index in [0.29, 0.717) is 34.5 Å². The molecule has 0 spiro atoms. The van der Waals surface area contributed by atoms with Crippen molar-refractivity contribution in [3.8, 4) is 11.4 Å². The molecule has 0 aliphatic heterocycles. The highest BCUT2D eigenvalue weighted by Gasteiger charge is 2.23. The Balaban J connectivity index is 1.76. The van der Waals surface area contributed by atoms with Gasteiger partial charge in [-0.1, -0.05) is 35.9 Å². The van der Waals surface area contributed by atoms with E-state index >= 15 is 0 Å². The third-order valence-corrected chi connectivity index (χ3v) is 4.74. The molecule has 1 heterocycles. The first-order valence-corrected chi connectivity index (χ1v) is 9.73. The number of halogens is 1. The van der Waals surface area contributed by atoms with Gasteiger partial charge in [0, 0.05) is 6.54 Å². The minimum absolute atomic E-state index is 0.000591. The number of ether oxygens (including phenoxy) is 1. The maximum Gasteiger partial charge on any atom is 0.294 e. The molecule has 1 aromatic heterocycles. The van der Waals surface area contributed by atoms with Crippen molar-refractivity contribution in [2.45, 2.75) is 13.8 Å². The van der Waals surface area contributed by atoms with Crippen LogP contribution in [0.25, 0.3) is 5.69 Å². The number of carbonyl (C=O) groups excluding carboxylic acids is 2. The molecule has 0 unspecified atom stereocenters. The van der Waals surface area contributed by atoms with E-state index in [4.69, 9.17) is 16.3 Å². The molecule has 9 heteroatoms. The van der Waals surface area contributed by atoms with Crippen LogP contribution in [0.4, 0.5) is 5.69 Å². The smallest absolute Gasteiger partial charge is 0.294 e. The Kier molecular flexibility index (Phi) is 6.68. The van der Waals surface area contributed by atoms with Gasteiger partial charge in [-0.25, -0.2) is 9.67 Å². The summed E-state index contributed by atoms with van der Waals surface area (Å²) in [5, 5.41) is 7.56. The molecule has 0 aliphatic carbocycles. The van der Waals surface area contributed by atoms with E-state index in [1.807, 2.05) is 12.1 Å². The molecular formula is C21H22ClN5O3. The van der Waals surface area contributed by atoms with Crippen molar-refractivity contribution >= 4 is 29.1 Å². The molecule has 2 amide bonds. The number of amides is 2. The Labute approximate surface area is 179 Å². The maximum atomic E-state index is 12.9. The van der Waals surface area contributed by atoms with Gasteiger partial charge in [0.25, 0.3) is 5.91 Å². The van der Waals surface area contributed by atoms with Gasteiger partial charge in [-0.15, -0.1) is 5.10 Å². The third kappa shape index (κ3) is 4.60. The van der Waals surface area contributed by atoms with E-state index in [2.05, 4.69) is 15.4 Å². The van der Waals surface area contributed by atoms with E-state index in [-0.39, 0.29) is 18.3 Å². The van der Waals surface area contributed by atoms with Crippen LogP contribution in [-0.4, -0.2) is 51.7 Å². The highest BCUT2D eigenvalue weighted by atomic mass is 35.5. The number of benzene rings is 2. The van der Waals surface area contributed by atoms with E-state index in [0.717, 1.165) is 0 Å². The quantitative estimate of drug-likeness (QED) is 0.624. The number of methoxy groups -OCH3 is 1. The van der Waals surface area contributed by atoms with Crippen molar-refractivity contribution < 1.29 is 14.3 Å². The van der Waals surface area contributed by atoms with E-state index in [9.17, 15) is 9.59 Å². The number of hydrogen-bond donors (Lipinski definition) is 1. The van der Waals surface area contributed by atoms with Crippen molar-refractivity contribution in [3.63, 3.8) is 0 Å². The van der Waals surface area contributed by atoms with Crippen LogP contribution in [0.1, 0.15) is 23.4 Å². The number of nitrogens with one attached hydrogen (secondary N) is 1. The first-order chi connectivity index (χ1) is 14.4. The van der Waals surface area contributed by atoms with Crippen LogP contribution in [-0.2, 0) is 4.79 Å². The Morgan fingerprint density at radius 3 is 2.57 bits per heavy atom. The lowest BCUT2D eigenvalue weighted by molar-refractivity contribution is -0.116. The summed E-state index contributed by atoms with van der Waals surface area (Å²) in [6.45, 7) is 3.69. The van der Waals surface area contributed by atoms with Gasteiger partial charge < -0.3 is 15.0 Å². The van der Waals surface area contributed by atoms with Crippen molar-refractivity contribution in [2.75, 3.05) is 25.5 Å². The molecule has 2 aromatic carbocycles. The minimum atomic E-state index is -0.443. The Bertz CT molecular complexity index is 1070. The van der Waals surface area contributed by atoms with Crippen LogP contribution in [0.2, 0.25) is 5.02 Å². The summed E-state index contributed by atoms with van der Waals surface area (Å²) in [5.41, 5.74) is 1.16. The zero-order valence-corrected chi connectivity index (χ0v) is 17.7. The predicted octanol–water partition coefficient (Wildman–Crippen LogP) is 3.34. The van der Waals surface area contributed by atoms with Crippen molar-refractivity contribution in [2.24, 2.45) is 0 Å². The lowest BCUT2D eigenvalue weighted by atomic mass is 10.3. The van der Waals surface area contributed by atoms with Gasteiger partial charge in [0.1, 0.15) is 18.1 Å². The molecule has 8 nitrogen and oxygen atoms in total. The SMILES string of the molecule is CCN(CC(=O)Nc1ccccc1OC)C(=O)c1nc(C)n(-c2ccccc2Cl)n1. The van der Waals surface area contributed by atoms with Gasteiger partial charge in [0.15, 0.2) is 0 Å². The number of anilines is 1. The number of rotatable bonds is 7.